The van der Waals surface area contributed by atoms with Gasteiger partial charge in [-0.1, -0.05) is 36.4 Å². The van der Waals surface area contributed by atoms with Gasteiger partial charge >= 0.3 is 0 Å². The van der Waals surface area contributed by atoms with Gasteiger partial charge in [-0.3, -0.25) is 9.78 Å². The molecule has 0 N–H and O–H groups in total. The SMILES string of the molecule is COc1ccc(-c2nn(-c3ccccc3)cc2/C=C2\C(=O)N(c3ccccc3)N=C2c2cccnc2)cc1. The van der Waals surface area contributed by atoms with Gasteiger partial charge in [-0.05, 0) is 66.7 Å². The quantitative estimate of drug-likeness (QED) is 0.279. The van der Waals surface area contributed by atoms with Gasteiger partial charge in [0.05, 0.1) is 29.8 Å². The third-order valence-corrected chi connectivity index (χ3v) is 6.24. The van der Waals surface area contributed by atoms with Gasteiger partial charge in [0, 0.05) is 35.3 Å². The molecular weight excluding hydrogens is 474 g/mol. The van der Waals surface area contributed by atoms with E-state index in [1.807, 2.05) is 114 Å². The Morgan fingerprint density at radius 2 is 1.50 bits per heavy atom. The molecule has 1 aliphatic rings. The van der Waals surface area contributed by atoms with E-state index < -0.39 is 0 Å². The molecule has 0 bridgehead atoms. The zero-order chi connectivity index (χ0) is 25.9. The molecule has 0 radical (unpaired) electrons. The molecule has 3 heterocycles. The summed E-state index contributed by atoms with van der Waals surface area (Å²) < 4.78 is 7.16. The van der Waals surface area contributed by atoms with Crippen molar-refractivity contribution in [2.75, 3.05) is 12.1 Å². The maximum atomic E-state index is 13.8. The Balaban J connectivity index is 1.51. The van der Waals surface area contributed by atoms with E-state index in [1.54, 1.807) is 19.5 Å². The number of ether oxygens (including phenoxy) is 1. The van der Waals surface area contributed by atoms with Gasteiger partial charge in [0.15, 0.2) is 0 Å². The number of carbonyl (C=O) groups excluding carboxylic acids is 1. The molecular formula is C31H23N5O2. The van der Waals surface area contributed by atoms with Crippen LogP contribution in [-0.2, 0) is 4.79 Å². The summed E-state index contributed by atoms with van der Waals surface area (Å²) in [7, 11) is 1.64. The second-order valence-corrected chi connectivity index (χ2v) is 8.64. The van der Waals surface area contributed by atoms with E-state index in [1.165, 1.54) is 5.01 Å². The summed E-state index contributed by atoms with van der Waals surface area (Å²) in [4.78, 5) is 18.0. The van der Waals surface area contributed by atoms with E-state index in [9.17, 15) is 4.79 Å². The number of aromatic nitrogens is 3. The average molecular weight is 498 g/mol. The molecule has 5 aromatic rings. The van der Waals surface area contributed by atoms with Gasteiger partial charge in [0.2, 0.25) is 0 Å². The largest absolute Gasteiger partial charge is 0.497 e. The Labute approximate surface area is 220 Å². The summed E-state index contributed by atoms with van der Waals surface area (Å²) in [6, 6.07) is 30.7. The molecule has 2 aromatic heterocycles. The molecule has 0 spiro atoms. The highest BCUT2D eigenvalue weighted by atomic mass is 16.5. The van der Waals surface area contributed by atoms with E-state index in [0.29, 0.717) is 17.0 Å². The number of para-hydroxylation sites is 2. The van der Waals surface area contributed by atoms with E-state index in [-0.39, 0.29) is 5.91 Å². The third-order valence-electron chi connectivity index (χ3n) is 6.24. The summed E-state index contributed by atoms with van der Waals surface area (Å²) in [5.41, 5.74) is 5.80. The van der Waals surface area contributed by atoms with Crippen LogP contribution in [0.3, 0.4) is 0 Å². The Morgan fingerprint density at radius 3 is 2.16 bits per heavy atom. The predicted molar refractivity (Wildman–Crippen MR) is 148 cm³/mol. The van der Waals surface area contributed by atoms with Crippen LogP contribution in [0.25, 0.3) is 23.0 Å². The molecule has 7 nitrogen and oxygen atoms in total. The zero-order valence-electron chi connectivity index (χ0n) is 20.6. The molecule has 7 heteroatoms. The Kier molecular flexibility index (Phi) is 6.08. The molecule has 1 amide bonds. The number of anilines is 1. The first-order valence-corrected chi connectivity index (χ1v) is 12.1. The van der Waals surface area contributed by atoms with E-state index in [0.717, 1.165) is 33.8 Å². The lowest BCUT2D eigenvalue weighted by molar-refractivity contribution is -0.114. The van der Waals surface area contributed by atoms with Crippen LogP contribution in [0.1, 0.15) is 11.1 Å². The molecule has 0 saturated carbocycles. The number of hydrazone groups is 1. The van der Waals surface area contributed by atoms with Crippen molar-refractivity contribution in [2.45, 2.75) is 0 Å². The summed E-state index contributed by atoms with van der Waals surface area (Å²) in [6.45, 7) is 0. The van der Waals surface area contributed by atoms with Crippen molar-refractivity contribution in [3.05, 3.63) is 132 Å². The Hall–Kier alpha value is -5.30. The molecule has 0 saturated heterocycles. The number of pyridine rings is 1. The maximum absolute atomic E-state index is 13.8. The molecule has 0 aliphatic carbocycles. The van der Waals surface area contributed by atoms with Gasteiger partial charge in [-0.2, -0.15) is 15.2 Å². The molecule has 184 valence electrons. The second kappa shape index (κ2) is 9.99. The van der Waals surface area contributed by atoms with Crippen LogP contribution in [0.2, 0.25) is 0 Å². The fourth-order valence-corrected chi connectivity index (χ4v) is 4.34. The van der Waals surface area contributed by atoms with Crippen molar-refractivity contribution in [3.63, 3.8) is 0 Å². The summed E-state index contributed by atoms with van der Waals surface area (Å²) in [5, 5.41) is 11.1. The first kappa shape index (κ1) is 23.1. The summed E-state index contributed by atoms with van der Waals surface area (Å²) in [6.07, 6.45) is 7.21. The van der Waals surface area contributed by atoms with Crippen LogP contribution >= 0.6 is 0 Å². The van der Waals surface area contributed by atoms with Crippen molar-refractivity contribution in [1.82, 2.24) is 14.8 Å². The zero-order valence-corrected chi connectivity index (χ0v) is 20.6. The minimum Gasteiger partial charge on any atom is -0.497 e. The van der Waals surface area contributed by atoms with E-state index >= 15 is 0 Å². The highest BCUT2D eigenvalue weighted by molar-refractivity contribution is 6.37. The van der Waals surface area contributed by atoms with Crippen LogP contribution in [0.5, 0.6) is 5.75 Å². The topological polar surface area (TPSA) is 72.6 Å². The second-order valence-electron chi connectivity index (χ2n) is 8.64. The number of rotatable bonds is 6. The normalized spacial score (nSPS) is 14.1. The molecule has 0 fully saturated rings. The fourth-order valence-electron chi connectivity index (χ4n) is 4.34. The highest BCUT2D eigenvalue weighted by Gasteiger charge is 2.32. The number of nitrogens with zero attached hydrogens (tertiary/aromatic N) is 5. The number of carbonyl (C=O) groups is 1. The minimum absolute atomic E-state index is 0.219. The van der Waals surface area contributed by atoms with Crippen molar-refractivity contribution >= 4 is 23.4 Å². The molecule has 6 rings (SSSR count). The van der Waals surface area contributed by atoms with E-state index in [2.05, 4.69) is 4.98 Å². The molecule has 0 atom stereocenters. The lowest BCUT2D eigenvalue weighted by Crippen LogP contribution is -2.21. The first-order valence-electron chi connectivity index (χ1n) is 12.1. The number of hydrogen-bond acceptors (Lipinski definition) is 5. The summed E-state index contributed by atoms with van der Waals surface area (Å²) >= 11 is 0. The Bertz CT molecular complexity index is 1640. The standard InChI is InChI=1S/C31H23N5O2/c1-38-27-16-14-22(15-17-27)29-24(21-35(33-29)25-10-4-2-5-11-25)19-28-30(23-9-8-18-32-20-23)34-36(31(28)37)26-12-6-3-7-13-26/h2-21H,1H3/b28-19-. The van der Waals surface area contributed by atoms with Gasteiger partial charge in [-0.25, -0.2) is 4.68 Å². The average Bonchev–Trinajstić information content (AvgIpc) is 3.56. The van der Waals surface area contributed by atoms with Crippen molar-refractivity contribution in [2.24, 2.45) is 5.10 Å². The van der Waals surface area contributed by atoms with Crippen LogP contribution in [0.15, 0.2) is 126 Å². The predicted octanol–water partition coefficient (Wildman–Crippen LogP) is 5.78. The summed E-state index contributed by atoms with van der Waals surface area (Å²) in [5.74, 6) is 0.537. The van der Waals surface area contributed by atoms with Gasteiger partial charge in [0.1, 0.15) is 11.5 Å². The van der Waals surface area contributed by atoms with E-state index in [4.69, 9.17) is 14.9 Å². The number of hydrogen-bond donors (Lipinski definition) is 0. The first-order chi connectivity index (χ1) is 18.7. The molecule has 0 unspecified atom stereocenters. The van der Waals surface area contributed by atoms with Crippen molar-refractivity contribution in [3.8, 4) is 22.7 Å². The lowest BCUT2D eigenvalue weighted by atomic mass is 10.00. The third kappa shape index (κ3) is 4.37. The van der Waals surface area contributed by atoms with Gasteiger partial charge in [0.25, 0.3) is 5.91 Å². The van der Waals surface area contributed by atoms with Crippen molar-refractivity contribution in [1.29, 1.82) is 0 Å². The van der Waals surface area contributed by atoms with Crippen molar-refractivity contribution < 1.29 is 9.53 Å². The van der Waals surface area contributed by atoms with Gasteiger partial charge < -0.3 is 4.74 Å². The monoisotopic (exact) mass is 497 g/mol. The Morgan fingerprint density at radius 1 is 0.789 bits per heavy atom. The van der Waals surface area contributed by atoms with Crippen LogP contribution in [0, 0.1) is 0 Å². The fraction of sp³-hybridized carbons (Fsp3) is 0.0323. The number of methoxy groups -OCH3 is 1. The molecule has 38 heavy (non-hydrogen) atoms. The van der Waals surface area contributed by atoms with Crippen LogP contribution < -0.4 is 9.75 Å². The number of amides is 1. The van der Waals surface area contributed by atoms with Crippen LogP contribution in [-0.4, -0.2) is 33.5 Å². The number of benzene rings is 3. The van der Waals surface area contributed by atoms with Gasteiger partial charge in [-0.15, -0.1) is 0 Å². The minimum atomic E-state index is -0.219. The molecule has 3 aromatic carbocycles. The van der Waals surface area contributed by atoms with Crippen LogP contribution in [0.4, 0.5) is 5.69 Å². The maximum Gasteiger partial charge on any atom is 0.281 e. The lowest BCUT2D eigenvalue weighted by Gasteiger charge is -2.10. The molecule has 1 aliphatic heterocycles. The highest BCUT2D eigenvalue weighted by Crippen LogP contribution is 2.31. The smallest absolute Gasteiger partial charge is 0.281 e.